The topological polar surface area (TPSA) is 71.6 Å². The van der Waals surface area contributed by atoms with Crippen LogP contribution in [0.15, 0.2) is 51.7 Å². The zero-order valence-corrected chi connectivity index (χ0v) is 17.5. The molecule has 0 unspecified atom stereocenters. The van der Waals surface area contributed by atoms with E-state index in [9.17, 15) is 14.0 Å². The first-order chi connectivity index (χ1) is 14.4. The van der Waals surface area contributed by atoms with Gasteiger partial charge in [-0.15, -0.1) is 0 Å². The highest BCUT2D eigenvalue weighted by Gasteiger charge is 2.23. The van der Waals surface area contributed by atoms with Crippen LogP contribution in [-0.2, 0) is 11.3 Å². The smallest absolute Gasteiger partial charge is 0.408 e. The number of rotatable bonds is 7. The molecule has 7 nitrogen and oxygen atoms in total. The lowest BCUT2D eigenvalue weighted by atomic mass is 10.3. The Balaban J connectivity index is 1.67. The molecule has 1 amide bonds. The van der Waals surface area contributed by atoms with Crippen LogP contribution in [0.1, 0.15) is 6.42 Å². The van der Waals surface area contributed by atoms with Crippen molar-refractivity contribution in [2.75, 3.05) is 32.1 Å². The van der Waals surface area contributed by atoms with E-state index >= 15 is 0 Å². The zero-order valence-electron chi connectivity index (χ0n) is 16.7. The fourth-order valence-electron chi connectivity index (χ4n) is 3.28. The first kappa shape index (κ1) is 20.2. The van der Waals surface area contributed by atoms with Gasteiger partial charge in [0.25, 0.3) is 0 Å². The molecular formula is C21H21FN4O3S. The van der Waals surface area contributed by atoms with Crippen LogP contribution < -0.4 is 10.7 Å². The van der Waals surface area contributed by atoms with Gasteiger partial charge in [-0.3, -0.25) is 14.3 Å². The molecule has 0 atom stereocenters. The lowest BCUT2D eigenvalue weighted by molar-refractivity contribution is -0.119. The number of carbonyl (C=O) groups excluding carboxylic acids is 1. The minimum atomic E-state index is -0.590. The summed E-state index contributed by atoms with van der Waals surface area (Å²) in [6.07, 6.45) is 0.707. The number of hydrogen-bond acceptors (Lipinski definition) is 6. The molecular weight excluding hydrogens is 407 g/mol. The molecule has 156 valence electrons. The SMILES string of the molecule is CN(C)CCCN(C(=O)Cn1c(=O)oc2ccccc21)c1nc2c(F)cccc2s1. The molecule has 30 heavy (non-hydrogen) atoms. The lowest BCUT2D eigenvalue weighted by Gasteiger charge is -2.21. The van der Waals surface area contributed by atoms with Gasteiger partial charge in [0.2, 0.25) is 5.91 Å². The molecule has 0 saturated carbocycles. The Hall–Kier alpha value is -3.04. The third kappa shape index (κ3) is 3.99. The molecule has 9 heteroatoms. The van der Waals surface area contributed by atoms with E-state index in [1.807, 2.05) is 19.0 Å². The van der Waals surface area contributed by atoms with E-state index in [-0.39, 0.29) is 18.0 Å². The van der Waals surface area contributed by atoms with Crippen LogP contribution in [0.3, 0.4) is 0 Å². The van der Waals surface area contributed by atoms with E-state index in [2.05, 4.69) is 4.98 Å². The maximum atomic E-state index is 14.1. The van der Waals surface area contributed by atoms with Gasteiger partial charge in [-0.1, -0.05) is 29.5 Å². The highest BCUT2D eigenvalue weighted by Crippen LogP contribution is 2.30. The quantitative estimate of drug-likeness (QED) is 0.452. The van der Waals surface area contributed by atoms with E-state index in [0.717, 1.165) is 6.54 Å². The number of hydrogen-bond donors (Lipinski definition) is 0. The summed E-state index contributed by atoms with van der Waals surface area (Å²) in [6, 6.07) is 11.7. The standard InChI is InChI=1S/C21H21FN4O3S/c1-24(2)11-6-12-25(20-23-19-14(22)7-5-10-17(19)30-20)18(27)13-26-15-8-3-4-9-16(15)29-21(26)28/h3-5,7-10H,6,11-13H2,1-2H3. The van der Waals surface area contributed by atoms with Gasteiger partial charge in [0.1, 0.15) is 17.9 Å². The van der Waals surface area contributed by atoms with Crippen LogP contribution in [0.5, 0.6) is 0 Å². The maximum Gasteiger partial charge on any atom is 0.420 e. The second kappa shape index (κ2) is 8.37. The molecule has 0 bridgehead atoms. The molecule has 0 aliphatic carbocycles. The molecule has 2 aromatic carbocycles. The van der Waals surface area contributed by atoms with Crippen molar-refractivity contribution in [3.8, 4) is 0 Å². The molecule has 2 aromatic heterocycles. The van der Waals surface area contributed by atoms with Crippen molar-refractivity contribution in [1.29, 1.82) is 0 Å². The molecule has 0 saturated heterocycles. The summed E-state index contributed by atoms with van der Waals surface area (Å²) < 4.78 is 21.3. The second-order valence-corrected chi connectivity index (χ2v) is 8.22. The van der Waals surface area contributed by atoms with Gasteiger partial charge in [-0.2, -0.15) is 0 Å². The number of anilines is 1. The minimum absolute atomic E-state index is 0.184. The number of amides is 1. The third-order valence-corrected chi connectivity index (χ3v) is 5.79. The fourth-order valence-corrected chi connectivity index (χ4v) is 4.30. The molecule has 4 rings (SSSR count). The average Bonchev–Trinajstić information content (AvgIpc) is 3.27. The molecule has 4 aromatic rings. The van der Waals surface area contributed by atoms with Crippen LogP contribution in [0, 0.1) is 5.82 Å². The van der Waals surface area contributed by atoms with E-state index < -0.39 is 11.6 Å². The number of halogens is 1. The van der Waals surface area contributed by atoms with Crippen molar-refractivity contribution in [2.24, 2.45) is 0 Å². The van der Waals surface area contributed by atoms with Gasteiger partial charge in [0, 0.05) is 6.54 Å². The number of thiazole rings is 1. The summed E-state index contributed by atoms with van der Waals surface area (Å²) >= 11 is 1.26. The van der Waals surface area contributed by atoms with Crippen molar-refractivity contribution >= 4 is 43.7 Å². The van der Waals surface area contributed by atoms with Gasteiger partial charge in [-0.25, -0.2) is 14.2 Å². The minimum Gasteiger partial charge on any atom is -0.408 e. The van der Waals surface area contributed by atoms with Crippen molar-refractivity contribution in [3.05, 3.63) is 58.8 Å². The summed E-state index contributed by atoms with van der Waals surface area (Å²) in [5.41, 5.74) is 1.23. The Bertz CT molecular complexity index is 1260. The largest absolute Gasteiger partial charge is 0.420 e. The van der Waals surface area contributed by atoms with Crippen molar-refractivity contribution < 1.29 is 13.6 Å². The third-order valence-electron chi connectivity index (χ3n) is 4.74. The average molecular weight is 428 g/mol. The molecule has 0 aliphatic rings. The Morgan fingerprint density at radius 1 is 1.17 bits per heavy atom. The van der Waals surface area contributed by atoms with Crippen LogP contribution in [0.2, 0.25) is 0 Å². The van der Waals surface area contributed by atoms with E-state index in [1.165, 1.54) is 26.9 Å². The van der Waals surface area contributed by atoms with Gasteiger partial charge in [0.05, 0.1) is 10.2 Å². The number of nitrogens with zero attached hydrogens (tertiary/aromatic N) is 4. The number of carbonyl (C=O) groups is 1. The van der Waals surface area contributed by atoms with Gasteiger partial charge in [-0.05, 0) is 51.3 Å². The Labute approximate surface area is 175 Å². The Morgan fingerprint density at radius 3 is 2.73 bits per heavy atom. The molecule has 0 spiro atoms. The number of para-hydroxylation sites is 3. The monoisotopic (exact) mass is 428 g/mol. The molecule has 0 fully saturated rings. The van der Waals surface area contributed by atoms with Crippen LogP contribution in [0.4, 0.5) is 9.52 Å². The summed E-state index contributed by atoms with van der Waals surface area (Å²) in [5.74, 6) is -1.32. The Kier molecular flexibility index (Phi) is 5.65. The highest BCUT2D eigenvalue weighted by atomic mass is 32.1. The summed E-state index contributed by atoms with van der Waals surface area (Å²) in [6.45, 7) is 0.997. The first-order valence-electron chi connectivity index (χ1n) is 9.52. The molecule has 0 N–H and O–H groups in total. The van der Waals surface area contributed by atoms with Crippen LogP contribution >= 0.6 is 11.3 Å². The van der Waals surface area contributed by atoms with Crippen molar-refractivity contribution in [3.63, 3.8) is 0 Å². The molecule has 0 radical (unpaired) electrons. The van der Waals surface area contributed by atoms with Crippen LogP contribution in [0.25, 0.3) is 21.3 Å². The summed E-state index contributed by atoms with van der Waals surface area (Å²) in [4.78, 5) is 33.4. The van der Waals surface area contributed by atoms with Crippen LogP contribution in [-0.4, -0.2) is 47.5 Å². The van der Waals surface area contributed by atoms with Crippen molar-refractivity contribution in [1.82, 2.24) is 14.5 Å². The Morgan fingerprint density at radius 2 is 1.97 bits per heavy atom. The fraction of sp³-hybridized carbons (Fsp3) is 0.286. The molecule has 0 aliphatic heterocycles. The van der Waals surface area contributed by atoms with Gasteiger partial charge >= 0.3 is 5.76 Å². The second-order valence-electron chi connectivity index (χ2n) is 7.21. The number of fused-ring (bicyclic) bond motifs is 2. The zero-order chi connectivity index (χ0) is 21.3. The van der Waals surface area contributed by atoms with E-state index in [0.29, 0.717) is 33.9 Å². The summed E-state index contributed by atoms with van der Waals surface area (Å²) in [5, 5.41) is 0.416. The number of oxazole rings is 1. The predicted molar refractivity (Wildman–Crippen MR) is 116 cm³/mol. The number of benzene rings is 2. The van der Waals surface area contributed by atoms with Gasteiger partial charge < -0.3 is 9.32 Å². The molecule has 2 heterocycles. The normalized spacial score (nSPS) is 11.6. The van der Waals surface area contributed by atoms with E-state index in [4.69, 9.17) is 4.42 Å². The highest BCUT2D eigenvalue weighted by molar-refractivity contribution is 7.22. The maximum absolute atomic E-state index is 14.1. The van der Waals surface area contributed by atoms with E-state index in [1.54, 1.807) is 36.4 Å². The number of aromatic nitrogens is 2. The summed E-state index contributed by atoms with van der Waals surface area (Å²) in [7, 11) is 3.91. The lowest BCUT2D eigenvalue weighted by Crippen LogP contribution is -2.37. The first-order valence-corrected chi connectivity index (χ1v) is 10.3. The van der Waals surface area contributed by atoms with Crippen molar-refractivity contribution in [2.45, 2.75) is 13.0 Å². The predicted octanol–water partition coefficient (Wildman–Crippen LogP) is 3.33. The van der Waals surface area contributed by atoms with Gasteiger partial charge in [0.15, 0.2) is 10.7 Å².